The van der Waals surface area contributed by atoms with Gasteiger partial charge in [-0.25, -0.2) is 9.59 Å². The van der Waals surface area contributed by atoms with E-state index in [2.05, 4.69) is 15.5 Å². The van der Waals surface area contributed by atoms with Crippen LogP contribution < -0.4 is 0 Å². The third kappa shape index (κ3) is 5.38. The smallest absolute Gasteiger partial charge is 0.357 e. The molecule has 1 aromatic carbocycles. The van der Waals surface area contributed by atoms with Crippen LogP contribution in [0.2, 0.25) is 0 Å². The van der Waals surface area contributed by atoms with E-state index >= 15 is 0 Å². The number of hydrogen-bond donors (Lipinski definition) is 0. The van der Waals surface area contributed by atoms with Crippen molar-refractivity contribution in [1.82, 2.24) is 20.2 Å². The van der Waals surface area contributed by atoms with Crippen molar-refractivity contribution in [3.8, 4) is 11.4 Å². The van der Waals surface area contributed by atoms with Crippen LogP contribution in [0.3, 0.4) is 0 Å². The van der Waals surface area contributed by atoms with Gasteiger partial charge < -0.3 is 13.9 Å². The highest BCUT2D eigenvalue weighted by Gasteiger charge is 2.23. The topological polar surface area (TPSA) is 109 Å². The second kappa shape index (κ2) is 8.51. The van der Waals surface area contributed by atoms with Gasteiger partial charge in [0.15, 0.2) is 18.1 Å². The van der Waals surface area contributed by atoms with Crippen LogP contribution in [-0.2, 0) is 19.1 Å². The predicted octanol–water partition coefficient (Wildman–Crippen LogP) is 2.82. The molecule has 150 valence electrons. The van der Waals surface area contributed by atoms with E-state index in [-0.39, 0.29) is 5.70 Å². The number of carbonyl (C=O) groups is 2. The standard InChI is InChI=1S/C20H20N4O5/c1-20(2,3)29-17(25)13-28-19(26)16(12-15-10-7-11-27-15)24-18(21-22-23-24)14-8-5-4-6-9-14/h4-12H,13H2,1-3H3/b16-12-. The first-order valence-electron chi connectivity index (χ1n) is 8.82. The molecule has 0 atom stereocenters. The maximum atomic E-state index is 12.8. The maximum Gasteiger partial charge on any atom is 0.357 e. The number of ether oxygens (including phenoxy) is 2. The highest BCUT2D eigenvalue weighted by Crippen LogP contribution is 2.21. The molecular weight excluding hydrogens is 376 g/mol. The first kappa shape index (κ1) is 20.0. The van der Waals surface area contributed by atoms with Crippen LogP contribution in [0.5, 0.6) is 0 Å². The summed E-state index contributed by atoms with van der Waals surface area (Å²) in [5.74, 6) is -0.749. The molecule has 3 aromatic rings. The van der Waals surface area contributed by atoms with E-state index in [1.54, 1.807) is 45.0 Å². The van der Waals surface area contributed by atoms with E-state index < -0.39 is 24.1 Å². The van der Waals surface area contributed by atoms with Crippen molar-refractivity contribution in [1.29, 1.82) is 0 Å². The fourth-order valence-electron chi connectivity index (χ4n) is 2.40. The summed E-state index contributed by atoms with van der Waals surface area (Å²) >= 11 is 0. The zero-order valence-electron chi connectivity index (χ0n) is 16.2. The van der Waals surface area contributed by atoms with Crippen molar-refractivity contribution in [2.45, 2.75) is 26.4 Å². The van der Waals surface area contributed by atoms with E-state index in [9.17, 15) is 9.59 Å². The molecule has 0 aliphatic carbocycles. The molecule has 2 heterocycles. The lowest BCUT2D eigenvalue weighted by Gasteiger charge is -2.19. The zero-order valence-corrected chi connectivity index (χ0v) is 16.2. The molecule has 0 spiro atoms. The summed E-state index contributed by atoms with van der Waals surface area (Å²) in [6, 6.07) is 12.4. The largest absolute Gasteiger partial charge is 0.465 e. The molecule has 0 saturated heterocycles. The highest BCUT2D eigenvalue weighted by molar-refractivity contribution is 6.15. The number of hydrogen-bond acceptors (Lipinski definition) is 8. The number of benzene rings is 1. The Morgan fingerprint density at radius 2 is 1.90 bits per heavy atom. The Morgan fingerprint density at radius 3 is 2.55 bits per heavy atom. The van der Waals surface area contributed by atoms with Crippen LogP contribution in [0, 0.1) is 0 Å². The molecule has 9 nitrogen and oxygen atoms in total. The Hall–Kier alpha value is -3.75. The maximum absolute atomic E-state index is 12.8. The second-order valence-corrected chi connectivity index (χ2v) is 6.99. The molecule has 29 heavy (non-hydrogen) atoms. The van der Waals surface area contributed by atoms with E-state index in [1.165, 1.54) is 17.0 Å². The molecule has 0 amide bonds. The van der Waals surface area contributed by atoms with Crippen molar-refractivity contribution < 1.29 is 23.5 Å². The molecule has 9 heteroatoms. The lowest BCUT2D eigenvalue weighted by atomic mass is 10.2. The van der Waals surface area contributed by atoms with Crippen molar-refractivity contribution in [2.75, 3.05) is 6.61 Å². The minimum absolute atomic E-state index is 0.0210. The third-order valence-corrected chi connectivity index (χ3v) is 3.50. The summed E-state index contributed by atoms with van der Waals surface area (Å²) in [5.41, 5.74) is -0.0118. The molecule has 0 fully saturated rings. The molecule has 0 aliphatic heterocycles. The van der Waals surface area contributed by atoms with Gasteiger partial charge in [-0.3, -0.25) is 0 Å². The fraction of sp³-hybridized carbons (Fsp3) is 0.250. The van der Waals surface area contributed by atoms with Gasteiger partial charge in [0.1, 0.15) is 11.4 Å². The Balaban J connectivity index is 1.89. The summed E-state index contributed by atoms with van der Waals surface area (Å²) in [5, 5.41) is 11.6. The van der Waals surface area contributed by atoms with Gasteiger partial charge in [0, 0.05) is 11.6 Å². The summed E-state index contributed by atoms with van der Waals surface area (Å²) in [4.78, 5) is 24.7. The predicted molar refractivity (Wildman–Crippen MR) is 103 cm³/mol. The molecule has 0 bridgehead atoms. The highest BCUT2D eigenvalue weighted by atomic mass is 16.6. The molecule has 0 aliphatic rings. The van der Waals surface area contributed by atoms with Crippen LogP contribution in [0.1, 0.15) is 26.5 Å². The van der Waals surface area contributed by atoms with Crippen molar-refractivity contribution >= 4 is 23.7 Å². The molecule has 0 radical (unpaired) electrons. The lowest BCUT2D eigenvalue weighted by Crippen LogP contribution is -2.28. The fourth-order valence-corrected chi connectivity index (χ4v) is 2.40. The summed E-state index contributed by atoms with van der Waals surface area (Å²) in [6.07, 6.45) is 2.90. The Labute approximate surface area is 166 Å². The van der Waals surface area contributed by atoms with E-state index in [4.69, 9.17) is 13.9 Å². The van der Waals surface area contributed by atoms with Gasteiger partial charge in [0.05, 0.1) is 6.26 Å². The summed E-state index contributed by atoms with van der Waals surface area (Å²) < 4.78 is 16.8. The minimum atomic E-state index is -0.809. The van der Waals surface area contributed by atoms with Gasteiger partial charge in [-0.1, -0.05) is 30.3 Å². The monoisotopic (exact) mass is 396 g/mol. The first-order valence-corrected chi connectivity index (χ1v) is 8.82. The molecule has 0 unspecified atom stereocenters. The number of carbonyl (C=O) groups excluding carboxylic acids is 2. The van der Waals surface area contributed by atoms with Gasteiger partial charge in [0.2, 0.25) is 0 Å². The summed E-state index contributed by atoms with van der Waals surface area (Å²) in [7, 11) is 0. The van der Waals surface area contributed by atoms with Crippen LogP contribution in [0.25, 0.3) is 23.2 Å². The van der Waals surface area contributed by atoms with Crippen molar-refractivity contribution in [2.24, 2.45) is 0 Å². The van der Waals surface area contributed by atoms with Crippen molar-refractivity contribution in [3.05, 3.63) is 54.5 Å². The number of rotatable bonds is 6. The quantitative estimate of drug-likeness (QED) is 0.462. The van der Waals surface area contributed by atoms with Gasteiger partial charge >= 0.3 is 11.9 Å². The van der Waals surface area contributed by atoms with E-state index in [1.807, 2.05) is 18.2 Å². The Bertz CT molecular complexity index is 1000. The van der Waals surface area contributed by atoms with E-state index in [0.29, 0.717) is 17.1 Å². The zero-order chi connectivity index (χ0) is 20.9. The minimum Gasteiger partial charge on any atom is -0.465 e. The molecular formula is C20H20N4O5. The average molecular weight is 396 g/mol. The van der Waals surface area contributed by atoms with Crippen molar-refractivity contribution in [3.63, 3.8) is 0 Å². The van der Waals surface area contributed by atoms with Gasteiger partial charge in [-0.15, -0.1) is 5.10 Å². The lowest BCUT2D eigenvalue weighted by molar-refractivity contribution is -0.164. The number of furan rings is 1. The third-order valence-electron chi connectivity index (χ3n) is 3.50. The van der Waals surface area contributed by atoms with Gasteiger partial charge in [-0.05, 0) is 43.3 Å². The number of tetrazole rings is 1. The Kier molecular flexibility index (Phi) is 5.87. The van der Waals surface area contributed by atoms with Gasteiger partial charge in [-0.2, -0.15) is 4.68 Å². The average Bonchev–Trinajstić information content (AvgIpc) is 3.35. The first-order chi connectivity index (χ1) is 13.8. The number of aromatic nitrogens is 4. The van der Waals surface area contributed by atoms with Crippen LogP contribution >= 0.6 is 0 Å². The normalized spacial score (nSPS) is 11.9. The number of nitrogens with zero attached hydrogens (tertiary/aromatic N) is 4. The SMILES string of the molecule is CC(C)(C)OC(=O)COC(=O)/C(=C/c1ccco1)n1nnnc1-c1ccccc1. The van der Waals surface area contributed by atoms with E-state index in [0.717, 1.165) is 0 Å². The number of esters is 2. The van der Waals surface area contributed by atoms with Gasteiger partial charge in [0.25, 0.3) is 0 Å². The van der Waals surface area contributed by atoms with Crippen LogP contribution in [0.15, 0.2) is 53.1 Å². The second-order valence-electron chi connectivity index (χ2n) is 6.99. The molecule has 2 aromatic heterocycles. The van der Waals surface area contributed by atoms with Crippen LogP contribution in [0.4, 0.5) is 0 Å². The molecule has 0 N–H and O–H groups in total. The summed E-state index contributed by atoms with van der Waals surface area (Å²) in [6.45, 7) is 4.63. The Morgan fingerprint density at radius 1 is 1.14 bits per heavy atom. The molecule has 0 saturated carbocycles. The van der Waals surface area contributed by atoms with Crippen LogP contribution in [-0.4, -0.2) is 44.4 Å². The molecule has 3 rings (SSSR count).